The number of methoxy groups -OCH3 is 1. The summed E-state index contributed by atoms with van der Waals surface area (Å²) in [7, 11) is 5.62. The summed E-state index contributed by atoms with van der Waals surface area (Å²) in [5.41, 5.74) is 2.63. The Balaban J connectivity index is 1.98. The number of pyridine rings is 1. The number of nitrogens with one attached hydrogen (secondary N) is 1. The zero-order chi connectivity index (χ0) is 15.9. The van der Waals surface area contributed by atoms with E-state index in [4.69, 9.17) is 4.74 Å². The molecule has 0 spiro atoms. The van der Waals surface area contributed by atoms with E-state index in [0.717, 1.165) is 12.1 Å². The fourth-order valence-electron chi connectivity index (χ4n) is 2.14. The highest BCUT2D eigenvalue weighted by Gasteiger charge is 2.08. The molecule has 2 rings (SSSR count). The van der Waals surface area contributed by atoms with Crippen LogP contribution in [-0.2, 0) is 13.1 Å². The highest BCUT2D eigenvalue weighted by molar-refractivity contribution is 5.92. The molecular weight excluding hydrogens is 278 g/mol. The van der Waals surface area contributed by atoms with Crippen molar-refractivity contribution in [3.63, 3.8) is 0 Å². The van der Waals surface area contributed by atoms with Crippen molar-refractivity contribution in [2.75, 3.05) is 21.2 Å². The van der Waals surface area contributed by atoms with E-state index in [1.807, 2.05) is 26.2 Å². The van der Waals surface area contributed by atoms with Gasteiger partial charge in [-0.15, -0.1) is 0 Å². The van der Waals surface area contributed by atoms with Gasteiger partial charge in [0.25, 0.3) is 5.91 Å². The van der Waals surface area contributed by atoms with Gasteiger partial charge in [0.05, 0.1) is 7.11 Å². The number of carbonyl (C=O) groups excluding carboxylic acids is 1. The maximum absolute atomic E-state index is 12.1. The van der Waals surface area contributed by atoms with Gasteiger partial charge in [-0.1, -0.05) is 24.3 Å². The molecule has 1 aromatic heterocycles. The Labute approximate surface area is 130 Å². The largest absolute Gasteiger partial charge is 0.497 e. The molecule has 0 unspecified atom stereocenters. The van der Waals surface area contributed by atoms with Crippen LogP contribution in [0.25, 0.3) is 0 Å². The highest BCUT2D eigenvalue weighted by Crippen LogP contribution is 2.10. The van der Waals surface area contributed by atoms with Crippen molar-refractivity contribution in [1.29, 1.82) is 0 Å². The summed E-state index contributed by atoms with van der Waals surface area (Å²) in [5.74, 6) is 0.407. The second-order valence-electron chi connectivity index (χ2n) is 5.32. The van der Waals surface area contributed by atoms with E-state index in [1.165, 1.54) is 5.56 Å². The third kappa shape index (κ3) is 4.56. The van der Waals surface area contributed by atoms with Gasteiger partial charge in [-0.3, -0.25) is 9.78 Å². The molecule has 5 heteroatoms. The SMILES string of the molecule is COc1ccnc(C(=O)NCc2cccc(CN(C)C)c2)c1. The zero-order valence-electron chi connectivity index (χ0n) is 13.2. The van der Waals surface area contributed by atoms with Crippen LogP contribution < -0.4 is 10.1 Å². The lowest BCUT2D eigenvalue weighted by atomic mass is 10.1. The Morgan fingerprint density at radius 2 is 2.00 bits per heavy atom. The van der Waals surface area contributed by atoms with Crippen molar-refractivity contribution in [3.05, 3.63) is 59.4 Å². The van der Waals surface area contributed by atoms with E-state index in [1.54, 1.807) is 25.4 Å². The molecule has 0 aliphatic rings. The van der Waals surface area contributed by atoms with Gasteiger partial charge in [0.2, 0.25) is 0 Å². The maximum Gasteiger partial charge on any atom is 0.270 e. The second kappa shape index (κ2) is 7.56. The average molecular weight is 299 g/mol. The van der Waals surface area contributed by atoms with Gasteiger partial charge < -0.3 is 15.0 Å². The first-order valence-corrected chi connectivity index (χ1v) is 7.09. The summed E-state index contributed by atoms with van der Waals surface area (Å²) >= 11 is 0. The van der Waals surface area contributed by atoms with E-state index >= 15 is 0 Å². The number of ether oxygens (including phenoxy) is 1. The minimum Gasteiger partial charge on any atom is -0.497 e. The molecule has 0 radical (unpaired) electrons. The normalized spacial score (nSPS) is 10.5. The standard InChI is InChI=1S/C17H21N3O2/c1-20(2)12-14-6-4-5-13(9-14)11-19-17(21)16-10-15(22-3)7-8-18-16/h4-10H,11-12H2,1-3H3,(H,19,21). The summed E-state index contributed by atoms with van der Waals surface area (Å²) < 4.78 is 5.10. The number of nitrogens with zero attached hydrogens (tertiary/aromatic N) is 2. The Bertz CT molecular complexity index is 641. The van der Waals surface area contributed by atoms with Gasteiger partial charge >= 0.3 is 0 Å². The molecular formula is C17H21N3O2. The van der Waals surface area contributed by atoms with Crippen LogP contribution in [0.15, 0.2) is 42.6 Å². The van der Waals surface area contributed by atoms with Crippen LogP contribution in [0.1, 0.15) is 21.6 Å². The number of benzene rings is 1. The number of amides is 1. The number of rotatable bonds is 6. The fraction of sp³-hybridized carbons (Fsp3) is 0.294. The highest BCUT2D eigenvalue weighted by atomic mass is 16.5. The van der Waals surface area contributed by atoms with Gasteiger partial charge in [0, 0.05) is 25.4 Å². The van der Waals surface area contributed by atoms with Crippen molar-refractivity contribution >= 4 is 5.91 Å². The molecule has 0 aliphatic heterocycles. The Kier molecular flexibility index (Phi) is 5.49. The van der Waals surface area contributed by atoms with Gasteiger partial charge in [0.15, 0.2) is 0 Å². The van der Waals surface area contributed by atoms with E-state index in [0.29, 0.717) is 18.0 Å². The van der Waals surface area contributed by atoms with E-state index < -0.39 is 0 Å². The molecule has 0 aliphatic carbocycles. The lowest BCUT2D eigenvalue weighted by Gasteiger charge is -2.11. The van der Waals surface area contributed by atoms with E-state index in [-0.39, 0.29) is 5.91 Å². The molecule has 0 bridgehead atoms. The zero-order valence-corrected chi connectivity index (χ0v) is 13.2. The number of hydrogen-bond donors (Lipinski definition) is 1. The summed E-state index contributed by atoms with van der Waals surface area (Å²) in [6.45, 7) is 1.35. The minimum atomic E-state index is -0.211. The topological polar surface area (TPSA) is 54.5 Å². The number of aromatic nitrogens is 1. The predicted molar refractivity (Wildman–Crippen MR) is 85.8 cm³/mol. The third-order valence-corrected chi connectivity index (χ3v) is 3.14. The summed E-state index contributed by atoms with van der Waals surface area (Å²) in [5, 5.41) is 2.88. The number of carbonyl (C=O) groups is 1. The van der Waals surface area contributed by atoms with Crippen LogP contribution in [0.5, 0.6) is 5.75 Å². The van der Waals surface area contributed by atoms with Gasteiger partial charge in [-0.05, 0) is 31.3 Å². The molecule has 1 aromatic carbocycles. The average Bonchev–Trinajstić information content (AvgIpc) is 2.52. The van der Waals surface area contributed by atoms with Crippen LogP contribution in [0.3, 0.4) is 0 Å². The van der Waals surface area contributed by atoms with Gasteiger partial charge in [-0.25, -0.2) is 0 Å². The van der Waals surface area contributed by atoms with Crippen molar-refractivity contribution in [3.8, 4) is 5.75 Å². The summed E-state index contributed by atoms with van der Waals surface area (Å²) in [4.78, 5) is 18.3. The van der Waals surface area contributed by atoms with E-state index in [9.17, 15) is 4.79 Å². The molecule has 0 fully saturated rings. The lowest BCUT2D eigenvalue weighted by Crippen LogP contribution is -2.23. The smallest absolute Gasteiger partial charge is 0.270 e. The van der Waals surface area contributed by atoms with Crippen LogP contribution >= 0.6 is 0 Å². The lowest BCUT2D eigenvalue weighted by molar-refractivity contribution is 0.0945. The van der Waals surface area contributed by atoms with Crippen molar-refractivity contribution in [2.24, 2.45) is 0 Å². The molecule has 116 valence electrons. The molecule has 5 nitrogen and oxygen atoms in total. The van der Waals surface area contributed by atoms with Crippen LogP contribution in [-0.4, -0.2) is 37.0 Å². The quantitative estimate of drug-likeness (QED) is 0.887. The molecule has 0 saturated heterocycles. The molecule has 22 heavy (non-hydrogen) atoms. The minimum absolute atomic E-state index is 0.211. The summed E-state index contributed by atoms with van der Waals surface area (Å²) in [6.07, 6.45) is 1.56. The van der Waals surface area contributed by atoms with Crippen LogP contribution in [0.2, 0.25) is 0 Å². The predicted octanol–water partition coefficient (Wildman–Crippen LogP) is 2.08. The molecule has 0 saturated carbocycles. The monoisotopic (exact) mass is 299 g/mol. The van der Waals surface area contributed by atoms with Crippen LogP contribution in [0.4, 0.5) is 0 Å². The molecule has 1 heterocycles. The van der Waals surface area contributed by atoms with Crippen LogP contribution in [0, 0.1) is 0 Å². The van der Waals surface area contributed by atoms with Crippen molar-refractivity contribution < 1.29 is 9.53 Å². The molecule has 1 amide bonds. The van der Waals surface area contributed by atoms with Crippen molar-refractivity contribution in [1.82, 2.24) is 15.2 Å². The Morgan fingerprint density at radius 3 is 2.73 bits per heavy atom. The second-order valence-corrected chi connectivity index (χ2v) is 5.32. The fourth-order valence-corrected chi connectivity index (χ4v) is 2.14. The number of hydrogen-bond acceptors (Lipinski definition) is 4. The molecule has 2 aromatic rings. The van der Waals surface area contributed by atoms with Gasteiger partial charge in [-0.2, -0.15) is 0 Å². The molecule has 0 atom stereocenters. The summed E-state index contributed by atoms with van der Waals surface area (Å²) in [6, 6.07) is 11.5. The first kappa shape index (κ1) is 16.0. The third-order valence-electron chi connectivity index (χ3n) is 3.14. The first-order chi connectivity index (χ1) is 10.6. The van der Waals surface area contributed by atoms with Gasteiger partial charge in [0.1, 0.15) is 11.4 Å². The maximum atomic E-state index is 12.1. The Hall–Kier alpha value is -2.40. The Morgan fingerprint density at radius 1 is 1.23 bits per heavy atom. The van der Waals surface area contributed by atoms with Crippen molar-refractivity contribution in [2.45, 2.75) is 13.1 Å². The first-order valence-electron chi connectivity index (χ1n) is 7.09. The molecule has 1 N–H and O–H groups in total. The van der Waals surface area contributed by atoms with E-state index in [2.05, 4.69) is 27.3 Å².